The molecular formula is C19H18N6O3S. The van der Waals surface area contributed by atoms with Crippen molar-refractivity contribution < 1.29 is 8.42 Å². The van der Waals surface area contributed by atoms with E-state index in [9.17, 15) is 13.2 Å². The van der Waals surface area contributed by atoms with E-state index in [1.165, 1.54) is 25.0 Å². The standard InChI is InChI=1S/C19H18N6O3S/c1-23(2)29(27,28)25-12-15(18(22-25)16-10-6-7-11-20-16)17-13-8-4-5-9-14(13)19(26)24(3)21-17/h4-12H,1-3H3. The lowest BCUT2D eigenvalue weighted by atomic mass is 10.0. The average Bonchev–Trinajstić information content (AvgIpc) is 3.17. The van der Waals surface area contributed by atoms with E-state index in [0.29, 0.717) is 33.4 Å². The smallest absolute Gasteiger partial charge is 0.267 e. The summed E-state index contributed by atoms with van der Waals surface area (Å²) in [7, 11) is 0.559. The molecule has 29 heavy (non-hydrogen) atoms. The molecule has 0 amide bonds. The lowest BCUT2D eigenvalue weighted by Gasteiger charge is -2.10. The monoisotopic (exact) mass is 410 g/mol. The molecule has 4 rings (SSSR count). The van der Waals surface area contributed by atoms with Crippen LogP contribution in [0.2, 0.25) is 0 Å². The van der Waals surface area contributed by atoms with Gasteiger partial charge in [0.25, 0.3) is 5.56 Å². The van der Waals surface area contributed by atoms with Crippen LogP contribution in [-0.2, 0) is 17.3 Å². The molecule has 0 radical (unpaired) electrons. The van der Waals surface area contributed by atoms with Gasteiger partial charge in [0.1, 0.15) is 11.4 Å². The number of aryl methyl sites for hydroxylation is 1. The van der Waals surface area contributed by atoms with E-state index in [4.69, 9.17) is 0 Å². The van der Waals surface area contributed by atoms with Gasteiger partial charge in [-0.05, 0) is 18.2 Å². The lowest BCUT2D eigenvalue weighted by molar-refractivity contribution is 0.504. The number of hydrogen-bond donors (Lipinski definition) is 0. The van der Waals surface area contributed by atoms with Crippen molar-refractivity contribution in [2.24, 2.45) is 7.05 Å². The fourth-order valence-electron chi connectivity index (χ4n) is 3.00. The van der Waals surface area contributed by atoms with Crippen molar-refractivity contribution in [2.45, 2.75) is 0 Å². The second-order valence-electron chi connectivity index (χ2n) is 6.59. The Morgan fingerprint density at radius 2 is 1.62 bits per heavy atom. The summed E-state index contributed by atoms with van der Waals surface area (Å²) in [5.41, 5.74) is 1.52. The molecule has 10 heteroatoms. The normalized spacial score (nSPS) is 12.0. The highest BCUT2D eigenvalue weighted by Gasteiger charge is 2.25. The average molecular weight is 410 g/mol. The summed E-state index contributed by atoms with van der Waals surface area (Å²) in [5, 5.41) is 9.81. The Hall–Kier alpha value is -3.37. The van der Waals surface area contributed by atoms with Crippen molar-refractivity contribution in [3.63, 3.8) is 0 Å². The van der Waals surface area contributed by atoms with Gasteiger partial charge in [-0.2, -0.15) is 27.0 Å². The molecule has 9 nitrogen and oxygen atoms in total. The number of benzene rings is 1. The molecule has 0 saturated carbocycles. The minimum Gasteiger partial charge on any atom is -0.267 e. The summed E-state index contributed by atoms with van der Waals surface area (Å²) in [5.74, 6) is 0. The SMILES string of the molecule is CN(C)S(=O)(=O)n1cc(-c2nn(C)c(=O)c3ccccc23)c(-c2ccccn2)n1. The molecule has 0 atom stereocenters. The van der Waals surface area contributed by atoms with Crippen molar-refractivity contribution in [1.82, 2.24) is 28.3 Å². The van der Waals surface area contributed by atoms with E-state index in [0.717, 1.165) is 8.39 Å². The van der Waals surface area contributed by atoms with E-state index in [1.54, 1.807) is 55.7 Å². The summed E-state index contributed by atoms with van der Waals surface area (Å²) < 4.78 is 28.5. The number of fused-ring (bicyclic) bond motifs is 1. The topological polar surface area (TPSA) is 103 Å². The van der Waals surface area contributed by atoms with Crippen LogP contribution >= 0.6 is 0 Å². The van der Waals surface area contributed by atoms with E-state index < -0.39 is 10.2 Å². The Balaban J connectivity index is 2.10. The number of pyridine rings is 1. The minimum absolute atomic E-state index is 0.239. The quantitative estimate of drug-likeness (QED) is 0.505. The highest BCUT2D eigenvalue weighted by molar-refractivity contribution is 7.87. The predicted molar refractivity (Wildman–Crippen MR) is 109 cm³/mol. The molecule has 3 heterocycles. The first-order valence-corrected chi connectivity index (χ1v) is 10.1. The Morgan fingerprint density at radius 3 is 2.28 bits per heavy atom. The summed E-state index contributed by atoms with van der Waals surface area (Å²) in [6.45, 7) is 0. The van der Waals surface area contributed by atoms with Crippen molar-refractivity contribution in [3.8, 4) is 22.6 Å². The third-order valence-corrected chi connectivity index (χ3v) is 6.09. The number of aromatic nitrogens is 5. The Labute approximate surface area is 167 Å². The zero-order valence-corrected chi connectivity index (χ0v) is 16.8. The van der Waals surface area contributed by atoms with Gasteiger partial charge in [0.2, 0.25) is 0 Å². The Kier molecular flexibility index (Phi) is 4.52. The molecule has 3 aromatic heterocycles. The van der Waals surface area contributed by atoms with E-state index >= 15 is 0 Å². The van der Waals surface area contributed by atoms with Gasteiger partial charge in [0.15, 0.2) is 0 Å². The number of rotatable bonds is 4. The van der Waals surface area contributed by atoms with Crippen molar-refractivity contribution in [3.05, 3.63) is 65.2 Å². The van der Waals surface area contributed by atoms with E-state index in [2.05, 4.69) is 15.2 Å². The van der Waals surface area contributed by atoms with Gasteiger partial charge >= 0.3 is 10.2 Å². The fourth-order valence-corrected chi connectivity index (χ4v) is 3.76. The van der Waals surface area contributed by atoms with Gasteiger partial charge in [0, 0.05) is 32.7 Å². The zero-order valence-electron chi connectivity index (χ0n) is 16.0. The third-order valence-electron chi connectivity index (χ3n) is 4.51. The summed E-state index contributed by atoms with van der Waals surface area (Å²) >= 11 is 0. The van der Waals surface area contributed by atoms with Crippen LogP contribution in [0.25, 0.3) is 33.4 Å². The van der Waals surface area contributed by atoms with Gasteiger partial charge in [-0.25, -0.2) is 4.68 Å². The summed E-state index contributed by atoms with van der Waals surface area (Å²) in [6.07, 6.45) is 3.00. The first kappa shape index (κ1) is 19.0. The molecule has 0 aliphatic rings. The highest BCUT2D eigenvalue weighted by atomic mass is 32.2. The Bertz CT molecular complexity index is 1370. The van der Waals surface area contributed by atoms with Crippen molar-refractivity contribution in [1.29, 1.82) is 0 Å². The highest BCUT2D eigenvalue weighted by Crippen LogP contribution is 2.32. The van der Waals surface area contributed by atoms with Crippen LogP contribution in [0.15, 0.2) is 59.7 Å². The van der Waals surface area contributed by atoms with Crippen molar-refractivity contribution in [2.75, 3.05) is 14.1 Å². The van der Waals surface area contributed by atoms with Crippen LogP contribution in [0.1, 0.15) is 0 Å². The van der Waals surface area contributed by atoms with Gasteiger partial charge in [-0.3, -0.25) is 9.78 Å². The van der Waals surface area contributed by atoms with Gasteiger partial charge < -0.3 is 0 Å². The van der Waals surface area contributed by atoms with Gasteiger partial charge in [0.05, 0.1) is 22.8 Å². The second-order valence-corrected chi connectivity index (χ2v) is 8.59. The molecular weight excluding hydrogens is 392 g/mol. The summed E-state index contributed by atoms with van der Waals surface area (Å²) in [4.78, 5) is 16.8. The molecule has 0 N–H and O–H groups in total. The van der Waals surface area contributed by atoms with E-state index in [1.807, 2.05) is 0 Å². The molecule has 4 aromatic rings. The molecule has 0 saturated heterocycles. The van der Waals surface area contributed by atoms with Crippen LogP contribution < -0.4 is 5.56 Å². The maximum atomic E-state index is 12.7. The van der Waals surface area contributed by atoms with Gasteiger partial charge in [-0.1, -0.05) is 24.3 Å². The molecule has 0 spiro atoms. The van der Waals surface area contributed by atoms with Crippen LogP contribution in [0.5, 0.6) is 0 Å². The number of hydrogen-bond acceptors (Lipinski definition) is 6. The molecule has 0 bridgehead atoms. The van der Waals surface area contributed by atoms with Crippen molar-refractivity contribution >= 4 is 21.0 Å². The van der Waals surface area contributed by atoms with Crippen LogP contribution in [0, 0.1) is 0 Å². The predicted octanol–water partition coefficient (Wildman–Crippen LogP) is 1.51. The second kappa shape index (κ2) is 6.90. The lowest BCUT2D eigenvalue weighted by Crippen LogP contribution is -2.29. The Morgan fingerprint density at radius 1 is 0.931 bits per heavy atom. The molecule has 1 aromatic carbocycles. The van der Waals surface area contributed by atoms with Gasteiger partial charge in [-0.15, -0.1) is 0 Å². The number of nitrogens with zero attached hydrogens (tertiary/aromatic N) is 6. The molecule has 0 unspecified atom stereocenters. The maximum absolute atomic E-state index is 12.7. The fraction of sp³-hybridized carbons (Fsp3) is 0.158. The van der Waals surface area contributed by atoms with Crippen LogP contribution in [0.3, 0.4) is 0 Å². The largest absolute Gasteiger partial charge is 0.322 e. The first-order valence-electron chi connectivity index (χ1n) is 8.71. The zero-order chi connectivity index (χ0) is 20.8. The molecule has 0 aliphatic heterocycles. The maximum Gasteiger partial charge on any atom is 0.322 e. The molecule has 0 aliphatic carbocycles. The molecule has 148 valence electrons. The van der Waals surface area contributed by atoms with E-state index in [-0.39, 0.29) is 5.56 Å². The van der Waals surface area contributed by atoms with Crippen LogP contribution in [-0.4, -0.2) is 50.8 Å². The molecule has 0 fully saturated rings. The third kappa shape index (κ3) is 3.12. The summed E-state index contributed by atoms with van der Waals surface area (Å²) in [6, 6.07) is 12.3. The minimum atomic E-state index is -3.85. The van der Waals surface area contributed by atoms with Crippen LogP contribution in [0.4, 0.5) is 0 Å². The first-order chi connectivity index (χ1) is 13.8.